The molecule has 1 amide bonds. The Bertz CT molecular complexity index is 1550. The number of hydrogen-bond donors (Lipinski definition) is 1. The van der Waals surface area contributed by atoms with Crippen molar-refractivity contribution in [2.75, 3.05) is 12.4 Å². The first kappa shape index (κ1) is 29.0. The molecule has 0 radical (unpaired) electrons. The van der Waals surface area contributed by atoms with Gasteiger partial charge in [0.25, 0.3) is 5.91 Å². The van der Waals surface area contributed by atoms with Crippen LogP contribution >= 0.6 is 39.1 Å². The minimum atomic E-state index is -0.567. The zero-order valence-electron chi connectivity index (χ0n) is 21.3. The predicted molar refractivity (Wildman–Crippen MR) is 161 cm³/mol. The van der Waals surface area contributed by atoms with E-state index in [-0.39, 0.29) is 17.2 Å². The lowest BCUT2D eigenvalue weighted by atomic mass is 10.1. The van der Waals surface area contributed by atoms with Crippen molar-refractivity contribution in [3.8, 4) is 23.3 Å². The summed E-state index contributed by atoms with van der Waals surface area (Å²) in [5.74, 6) is 0.810. The molecule has 9 heteroatoms. The van der Waals surface area contributed by atoms with Crippen molar-refractivity contribution in [1.29, 1.82) is 5.26 Å². The first-order valence-electron chi connectivity index (χ1n) is 12.0. The Kier molecular flexibility index (Phi) is 10.1. The quantitative estimate of drug-likeness (QED) is 0.139. The molecule has 4 aromatic carbocycles. The number of methoxy groups -OCH3 is 1. The number of benzene rings is 4. The van der Waals surface area contributed by atoms with E-state index in [0.717, 1.165) is 15.6 Å². The minimum absolute atomic E-state index is 0.107. The SMILES string of the molecule is COc1cc(/C=C(\C#N)C(=O)Nc2ccc(OCc3ccc(Cl)cc3)cc2)cc(Cl)c1OCc1ccc(Br)cc1. The normalized spacial score (nSPS) is 10.9. The summed E-state index contributed by atoms with van der Waals surface area (Å²) in [5.41, 5.74) is 2.85. The molecule has 0 bridgehead atoms. The first-order chi connectivity index (χ1) is 19.3. The lowest BCUT2D eigenvalue weighted by molar-refractivity contribution is -0.112. The fourth-order valence-corrected chi connectivity index (χ4v) is 4.26. The molecule has 0 atom stereocenters. The van der Waals surface area contributed by atoms with Crippen LogP contribution in [0.25, 0.3) is 6.08 Å². The number of halogens is 3. The molecule has 0 aromatic heterocycles. The Balaban J connectivity index is 1.41. The van der Waals surface area contributed by atoms with Crippen molar-refractivity contribution < 1.29 is 19.0 Å². The minimum Gasteiger partial charge on any atom is -0.493 e. The number of amides is 1. The highest BCUT2D eigenvalue weighted by Crippen LogP contribution is 2.37. The molecule has 40 heavy (non-hydrogen) atoms. The van der Waals surface area contributed by atoms with Gasteiger partial charge in [0, 0.05) is 15.2 Å². The van der Waals surface area contributed by atoms with Crippen LogP contribution in [0.15, 0.2) is 95.0 Å². The molecule has 4 rings (SSSR count). The molecule has 0 aliphatic carbocycles. The number of anilines is 1. The summed E-state index contributed by atoms with van der Waals surface area (Å²) < 4.78 is 18.1. The number of ether oxygens (including phenoxy) is 3. The van der Waals surface area contributed by atoms with Crippen molar-refractivity contribution in [3.63, 3.8) is 0 Å². The summed E-state index contributed by atoms with van der Waals surface area (Å²) in [6, 6.07) is 27.2. The van der Waals surface area contributed by atoms with Crippen LogP contribution in [0.5, 0.6) is 17.2 Å². The van der Waals surface area contributed by atoms with Crippen LogP contribution in [-0.2, 0) is 18.0 Å². The summed E-state index contributed by atoms with van der Waals surface area (Å²) in [5, 5.41) is 13.3. The van der Waals surface area contributed by atoms with Gasteiger partial charge in [-0.15, -0.1) is 0 Å². The third-order valence-corrected chi connectivity index (χ3v) is 6.72. The van der Waals surface area contributed by atoms with Gasteiger partial charge >= 0.3 is 0 Å². The van der Waals surface area contributed by atoms with Crippen LogP contribution in [-0.4, -0.2) is 13.0 Å². The molecule has 202 valence electrons. The zero-order valence-corrected chi connectivity index (χ0v) is 24.4. The summed E-state index contributed by atoms with van der Waals surface area (Å²) in [6.07, 6.45) is 1.44. The zero-order chi connectivity index (χ0) is 28.5. The topological polar surface area (TPSA) is 80.6 Å². The molecule has 0 spiro atoms. The maximum absolute atomic E-state index is 12.8. The van der Waals surface area contributed by atoms with Crippen LogP contribution in [0.3, 0.4) is 0 Å². The highest BCUT2D eigenvalue weighted by molar-refractivity contribution is 9.10. The lowest BCUT2D eigenvalue weighted by Crippen LogP contribution is -2.13. The molecular formula is C31H23BrCl2N2O4. The Morgan fingerprint density at radius 2 is 1.55 bits per heavy atom. The largest absolute Gasteiger partial charge is 0.493 e. The van der Waals surface area contributed by atoms with E-state index in [4.69, 9.17) is 37.4 Å². The van der Waals surface area contributed by atoms with E-state index < -0.39 is 5.91 Å². The molecule has 0 saturated heterocycles. The van der Waals surface area contributed by atoms with Crippen LogP contribution in [0.2, 0.25) is 10.0 Å². The summed E-state index contributed by atoms with van der Waals surface area (Å²) in [7, 11) is 1.49. The molecular weight excluding hydrogens is 615 g/mol. The van der Waals surface area contributed by atoms with Gasteiger partial charge in [0.1, 0.15) is 30.6 Å². The summed E-state index contributed by atoms with van der Waals surface area (Å²) in [6.45, 7) is 0.666. The fraction of sp³-hybridized carbons (Fsp3) is 0.0968. The van der Waals surface area contributed by atoms with E-state index >= 15 is 0 Å². The van der Waals surface area contributed by atoms with E-state index in [1.807, 2.05) is 42.5 Å². The molecule has 0 unspecified atom stereocenters. The highest BCUT2D eigenvalue weighted by atomic mass is 79.9. The Labute approximate surface area is 250 Å². The van der Waals surface area contributed by atoms with Crippen LogP contribution in [0.1, 0.15) is 16.7 Å². The van der Waals surface area contributed by atoms with Gasteiger partial charge in [-0.25, -0.2) is 0 Å². The Morgan fingerprint density at radius 3 is 2.17 bits per heavy atom. The molecule has 0 aliphatic rings. The standard InChI is InChI=1S/C31H23BrCl2N2O4/c1-38-29-16-22(15-28(34)30(29)40-19-20-2-6-24(32)7-3-20)14-23(17-35)31(37)36-26-10-12-27(13-11-26)39-18-21-4-8-25(33)9-5-21/h2-16H,18-19H2,1H3,(H,36,37)/b23-14+. The van der Waals surface area contributed by atoms with Crippen molar-refractivity contribution in [3.05, 3.63) is 122 Å². The molecule has 0 aliphatic heterocycles. The molecule has 4 aromatic rings. The van der Waals surface area contributed by atoms with Crippen LogP contribution in [0.4, 0.5) is 5.69 Å². The van der Waals surface area contributed by atoms with Crippen molar-refractivity contribution in [2.24, 2.45) is 0 Å². The van der Waals surface area contributed by atoms with Gasteiger partial charge in [-0.3, -0.25) is 4.79 Å². The lowest BCUT2D eigenvalue weighted by Gasteiger charge is -2.14. The van der Waals surface area contributed by atoms with Crippen LogP contribution < -0.4 is 19.5 Å². The van der Waals surface area contributed by atoms with Crippen molar-refractivity contribution >= 4 is 56.8 Å². The smallest absolute Gasteiger partial charge is 0.266 e. The molecule has 0 saturated carbocycles. The fourth-order valence-electron chi connectivity index (χ4n) is 3.59. The van der Waals surface area contributed by atoms with Crippen molar-refractivity contribution in [2.45, 2.75) is 13.2 Å². The predicted octanol–water partition coefficient (Wildman–Crippen LogP) is 8.47. The number of nitriles is 1. The van der Waals surface area contributed by atoms with E-state index in [2.05, 4.69) is 21.2 Å². The third-order valence-electron chi connectivity index (χ3n) is 5.66. The van der Waals surface area contributed by atoms with Gasteiger partial charge in [-0.1, -0.05) is 63.4 Å². The molecule has 6 nitrogen and oxygen atoms in total. The second-order valence-corrected chi connectivity index (χ2v) is 10.3. The molecule has 0 heterocycles. The maximum atomic E-state index is 12.8. The summed E-state index contributed by atoms with van der Waals surface area (Å²) >= 11 is 15.8. The van der Waals surface area contributed by atoms with Crippen LogP contribution in [0, 0.1) is 11.3 Å². The average molecular weight is 638 g/mol. The number of nitrogens with zero attached hydrogens (tertiary/aromatic N) is 1. The highest BCUT2D eigenvalue weighted by Gasteiger charge is 2.15. The van der Waals surface area contributed by atoms with E-state index in [9.17, 15) is 10.1 Å². The van der Waals surface area contributed by atoms with Gasteiger partial charge < -0.3 is 19.5 Å². The van der Waals surface area contributed by atoms with Crippen molar-refractivity contribution in [1.82, 2.24) is 0 Å². The molecule has 0 fully saturated rings. The number of carbonyl (C=O) groups excluding carboxylic acids is 1. The average Bonchev–Trinajstić information content (AvgIpc) is 2.96. The Hall–Kier alpha value is -3.96. The summed E-state index contributed by atoms with van der Waals surface area (Å²) in [4.78, 5) is 12.8. The van der Waals surface area contributed by atoms with E-state index in [0.29, 0.717) is 40.1 Å². The number of rotatable bonds is 10. The van der Waals surface area contributed by atoms with Gasteiger partial charge in [-0.2, -0.15) is 5.26 Å². The van der Waals surface area contributed by atoms with Gasteiger partial charge in [0.15, 0.2) is 11.5 Å². The van der Waals surface area contributed by atoms with Gasteiger partial charge in [0.05, 0.1) is 12.1 Å². The number of nitrogens with one attached hydrogen (secondary N) is 1. The molecule has 1 N–H and O–H groups in total. The van der Waals surface area contributed by atoms with Gasteiger partial charge in [-0.05, 0) is 83.4 Å². The second-order valence-electron chi connectivity index (χ2n) is 8.51. The third kappa shape index (κ3) is 8.03. The van der Waals surface area contributed by atoms with E-state index in [1.165, 1.54) is 13.2 Å². The maximum Gasteiger partial charge on any atom is 0.266 e. The monoisotopic (exact) mass is 636 g/mol. The van der Waals surface area contributed by atoms with Gasteiger partial charge in [0.2, 0.25) is 0 Å². The first-order valence-corrected chi connectivity index (χ1v) is 13.5. The Morgan fingerprint density at radius 1 is 0.925 bits per heavy atom. The second kappa shape index (κ2) is 13.9. The number of hydrogen-bond acceptors (Lipinski definition) is 5. The van der Waals surface area contributed by atoms with E-state index in [1.54, 1.807) is 48.5 Å². The number of carbonyl (C=O) groups is 1.